The van der Waals surface area contributed by atoms with Crippen LogP contribution in [0.5, 0.6) is 0 Å². The van der Waals surface area contributed by atoms with Crippen molar-refractivity contribution in [2.24, 2.45) is 0 Å². The Morgan fingerprint density at radius 2 is 2.11 bits per heavy atom. The molecule has 1 aliphatic rings. The van der Waals surface area contributed by atoms with Gasteiger partial charge in [-0.3, -0.25) is 0 Å². The van der Waals surface area contributed by atoms with E-state index in [2.05, 4.69) is 15.6 Å². The van der Waals surface area contributed by atoms with Crippen LogP contribution >= 0.6 is 0 Å². The minimum absolute atomic E-state index is 0.0826. The van der Waals surface area contributed by atoms with E-state index in [1.54, 1.807) is 18.5 Å². The SMILES string of the molecule is CCN(c1ccc(C#N)c(C(F)(F)F)c1)C1CC=C(c2cncn2CC)C1. The molecule has 1 aromatic heterocycles. The third-order valence-corrected chi connectivity index (χ3v) is 5.02. The molecule has 0 spiro atoms. The molecule has 27 heavy (non-hydrogen) atoms. The largest absolute Gasteiger partial charge is 0.417 e. The fourth-order valence-corrected chi connectivity index (χ4v) is 3.68. The third kappa shape index (κ3) is 3.70. The Balaban J connectivity index is 1.86. The van der Waals surface area contributed by atoms with Gasteiger partial charge in [0.1, 0.15) is 0 Å². The Labute approximate surface area is 156 Å². The van der Waals surface area contributed by atoms with Crippen molar-refractivity contribution in [3.05, 3.63) is 53.6 Å². The molecule has 2 aromatic rings. The monoisotopic (exact) mass is 374 g/mol. The van der Waals surface area contributed by atoms with Crippen LogP contribution in [0.4, 0.5) is 18.9 Å². The Morgan fingerprint density at radius 3 is 2.74 bits per heavy atom. The number of aryl methyl sites for hydroxylation is 1. The quantitative estimate of drug-likeness (QED) is 0.750. The summed E-state index contributed by atoms with van der Waals surface area (Å²) in [5.74, 6) is 0. The number of benzene rings is 1. The van der Waals surface area contributed by atoms with Gasteiger partial charge in [0.2, 0.25) is 0 Å². The number of imidazole rings is 1. The van der Waals surface area contributed by atoms with Gasteiger partial charge in [-0.2, -0.15) is 18.4 Å². The molecule has 1 heterocycles. The summed E-state index contributed by atoms with van der Waals surface area (Å²) in [6, 6.07) is 5.67. The second-order valence-electron chi connectivity index (χ2n) is 6.51. The van der Waals surface area contributed by atoms with Crippen LogP contribution in [0.2, 0.25) is 0 Å². The molecule has 0 radical (unpaired) electrons. The summed E-state index contributed by atoms with van der Waals surface area (Å²) in [5, 5.41) is 8.99. The van der Waals surface area contributed by atoms with Gasteiger partial charge in [-0.1, -0.05) is 6.08 Å². The van der Waals surface area contributed by atoms with Crippen LogP contribution in [0.25, 0.3) is 5.57 Å². The van der Waals surface area contributed by atoms with E-state index in [0.717, 1.165) is 31.1 Å². The van der Waals surface area contributed by atoms with Gasteiger partial charge in [-0.15, -0.1) is 0 Å². The fraction of sp³-hybridized carbons (Fsp3) is 0.400. The van der Waals surface area contributed by atoms with Crippen LogP contribution < -0.4 is 4.90 Å². The van der Waals surface area contributed by atoms with Crippen LogP contribution in [0.3, 0.4) is 0 Å². The summed E-state index contributed by atoms with van der Waals surface area (Å²) in [7, 11) is 0. The minimum Gasteiger partial charge on any atom is -0.368 e. The first-order valence-corrected chi connectivity index (χ1v) is 8.96. The van der Waals surface area contributed by atoms with Crippen molar-refractivity contribution in [2.45, 2.75) is 45.5 Å². The molecule has 0 amide bonds. The van der Waals surface area contributed by atoms with Gasteiger partial charge < -0.3 is 9.47 Å². The first-order valence-electron chi connectivity index (χ1n) is 8.96. The average Bonchev–Trinajstić information content (AvgIpc) is 3.30. The van der Waals surface area contributed by atoms with Gasteiger partial charge in [0.15, 0.2) is 0 Å². The van der Waals surface area contributed by atoms with Crippen LogP contribution in [-0.4, -0.2) is 22.1 Å². The lowest BCUT2D eigenvalue weighted by atomic mass is 10.0. The van der Waals surface area contributed by atoms with Crippen molar-refractivity contribution in [3.63, 3.8) is 0 Å². The molecule has 0 fully saturated rings. The normalized spacial score (nSPS) is 16.9. The van der Waals surface area contributed by atoms with Crippen LogP contribution in [-0.2, 0) is 12.7 Å². The molecular weight excluding hydrogens is 353 g/mol. The van der Waals surface area contributed by atoms with Gasteiger partial charge in [0.25, 0.3) is 0 Å². The van der Waals surface area contributed by atoms with Crippen molar-refractivity contribution < 1.29 is 13.2 Å². The molecule has 7 heteroatoms. The Morgan fingerprint density at radius 1 is 1.33 bits per heavy atom. The molecule has 1 aromatic carbocycles. The summed E-state index contributed by atoms with van der Waals surface area (Å²) >= 11 is 0. The highest BCUT2D eigenvalue weighted by Crippen LogP contribution is 2.37. The molecule has 0 bridgehead atoms. The van der Waals surface area contributed by atoms with Crippen LogP contribution in [0, 0.1) is 11.3 Å². The van der Waals surface area contributed by atoms with E-state index in [-0.39, 0.29) is 11.6 Å². The van der Waals surface area contributed by atoms with E-state index >= 15 is 0 Å². The Kier molecular flexibility index (Phi) is 5.26. The first kappa shape index (κ1) is 19.0. The zero-order valence-electron chi connectivity index (χ0n) is 15.3. The van der Waals surface area contributed by atoms with Crippen LogP contribution in [0.15, 0.2) is 36.8 Å². The molecular formula is C20H21F3N4. The highest BCUT2D eigenvalue weighted by Gasteiger charge is 2.35. The lowest BCUT2D eigenvalue weighted by Gasteiger charge is -2.31. The number of nitriles is 1. The topological polar surface area (TPSA) is 44.9 Å². The van der Waals surface area contributed by atoms with Crippen molar-refractivity contribution in [2.75, 3.05) is 11.4 Å². The van der Waals surface area contributed by atoms with E-state index in [1.165, 1.54) is 11.6 Å². The van der Waals surface area contributed by atoms with Crippen molar-refractivity contribution in [3.8, 4) is 6.07 Å². The van der Waals surface area contributed by atoms with E-state index in [0.29, 0.717) is 12.2 Å². The third-order valence-electron chi connectivity index (χ3n) is 5.02. The number of anilines is 1. The molecule has 1 aliphatic carbocycles. The van der Waals surface area contributed by atoms with Gasteiger partial charge in [0.05, 0.1) is 35.4 Å². The van der Waals surface area contributed by atoms with E-state index in [9.17, 15) is 13.2 Å². The molecule has 0 saturated carbocycles. The predicted molar refractivity (Wildman–Crippen MR) is 98.1 cm³/mol. The zero-order chi connectivity index (χ0) is 19.6. The molecule has 0 aliphatic heterocycles. The summed E-state index contributed by atoms with van der Waals surface area (Å²) in [6.45, 7) is 5.38. The number of aromatic nitrogens is 2. The number of hydrogen-bond acceptors (Lipinski definition) is 3. The first-order chi connectivity index (χ1) is 12.9. The summed E-state index contributed by atoms with van der Waals surface area (Å²) in [5.41, 5.74) is 1.50. The Bertz CT molecular complexity index is 889. The van der Waals surface area contributed by atoms with Gasteiger partial charge >= 0.3 is 6.18 Å². The van der Waals surface area contributed by atoms with Crippen molar-refractivity contribution in [1.29, 1.82) is 5.26 Å². The summed E-state index contributed by atoms with van der Waals surface area (Å²) in [6.07, 6.45) is 2.73. The number of nitrogens with zero attached hydrogens (tertiary/aromatic N) is 4. The second kappa shape index (κ2) is 7.47. The maximum absolute atomic E-state index is 13.3. The number of hydrogen-bond donors (Lipinski definition) is 0. The minimum atomic E-state index is -4.55. The molecule has 0 saturated heterocycles. The molecule has 4 nitrogen and oxygen atoms in total. The molecule has 0 N–H and O–H groups in total. The van der Waals surface area contributed by atoms with Crippen molar-refractivity contribution in [1.82, 2.24) is 9.55 Å². The summed E-state index contributed by atoms with van der Waals surface area (Å²) in [4.78, 5) is 6.18. The van der Waals surface area contributed by atoms with Gasteiger partial charge in [-0.25, -0.2) is 4.98 Å². The zero-order valence-corrected chi connectivity index (χ0v) is 15.3. The predicted octanol–water partition coefficient (Wildman–Crippen LogP) is 4.87. The van der Waals surface area contributed by atoms with Crippen molar-refractivity contribution >= 4 is 11.3 Å². The molecule has 142 valence electrons. The number of halogens is 3. The van der Waals surface area contributed by atoms with E-state index in [1.807, 2.05) is 24.9 Å². The molecule has 1 unspecified atom stereocenters. The number of rotatable bonds is 5. The maximum atomic E-state index is 13.3. The highest BCUT2D eigenvalue weighted by molar-refractivity contribution is 5.67. The molecule has 3 rings (SSSR count). The average molecular weight is 374 g/mol. The maximum Gasteiger partial charge on any atom is 0.417 e. The van der Waals surface area contributed by atoms with Gasteiger partial charge in [-0.05, 0) is 50.5 Å². The highest BCUT2D eigenvalue weighted by atomic mass is 19.4. The fourth-order valence-electron chi connectivity index (χ4n) is 3.68. The Hall–Kier alpha value is -2.75. The van der Waals surface area contributed by atoms with Gasteiger partial charge in [0, 0.05) is 24.8 Å². The smallest absolute Gasteiger partial charge is 0.368 e. The molecule has 1 atom stereocenters. The lowest BCUT2D eigenvalue weighted by Crippen LogP contribution is -2.33. The lowest BCUT2D eigenvalue weighted by molar-refractivity contribution is -0.137. The summed E-state index contributed by atoms with van der Waals surface area (Å²) < 4.78 is 42.0. The van der Waals surface area contributed by atoms with E-state index in [4.69, 9.17) is 5.26 Å². The van der Waals surface area contributed by atoms with E-state index < -0.39 is 11.7 Å². The van der Waals surface area contributed by atoms with Crippen LogP contribution in [0.1, 0.15) is 43.5 Å². The number of alkyl halides is 3. The second-order valence-corrected chi connectivity index (χ2v) is 6.51. The standard InChI is InChI=1S/C20H21F3N4/c1-3-26-13-25-12-19(26)14-5-7-16(9-14)27(4-2)17-8-6-15(11-24)18(10-17)20(21,22)23/h5-6,8,10,12-13,16H,3-4,7,9H2,1-2H3.